The molecule has 0 aliphatic rings. The van der Waals surface area contributed by atoms with Crippen LogP contribution in [-0.2, 0) is 0 Å². The first kappa shape index (κ1) is 12.4. The van der Waals surface area contributed by atoms with Crippen LogP contribution in [0.25, 0.3) is 0 Å². The molecule has 0 radical (unpaired) electrons. The smallest absolute Gasteiger partial charge is 0.355 e. The maximum absolute atomic E-state index is 13.0. The van der Waals surface area contributed by atoms with Crippen LogP contribution in [0.15, 0.2) is 54.7 Å². The van der Waals surface area contributed by atoms with E-state index in [4.69, 9.17) is 0 Å². The fourth-order valence-electron chi connectivity index (χ4n) is 1.60. The Morgan fingerprint density at radius 3 is 2.17 bits per heavy atom. The molecule has 1 atom stereocenters. The van der Waals surface area contributed by atoms with E-state index in [1.807, 2.05) is 0 Å². The molecule has 2 nitrogen and oxygen atoms in total. The highest BCUT2D eigenvalue weighted by Gasteiger charge is 2.40. The molecule has 1 aromatic carbocycles. The van der Waals surface area contributed by atoms with Gasteiger partial charge in [0.1, 0.15) is 11.9 Å². The van der Waals surface area contributed by atoms with E-state index >= 15 is 0 Å². The van der Waals surface area contributed by atoms with Gasteiger partial charge < -0.3 is 5.32 Å². The molecule has 0 aliphatic carbocycles. The number of pyridine rings is 1. The van der Waals surface area contributed by atoms with Gasteiger partial charge in [0.15, 0.2) is 0 Å². The highest BCUT2D eigenvalue weighted by Crippen LogP contribution is 2.34. The van der Waals surface area contributed by atoms with Crippen molar-refractivity contribution in [2.45, 2.75) is 12.2 Å². The number of halogens is 3. The van der Waals surface area contributed by atoms with Crippen molar-refractivity contribution in [3.63, 3.8) is 0 Å². The largest absolute Gasteiger partial charge is 0.412 e. The van der Waals surface area contributed by atoms with Gasteiger partial charge in [0, 0.05) is 6.20 Å². The van der Waals surface area contributed by atoms with E-state index < -0.39 is 12.2 Å². The highest BCUT2D eigenvalue weighted by atomic mass is 19.4. The topological polar surface area (TPSA) is 24.9 Å². The average Bonchev–Trinajstić information content (AvgIpc) is 2.37. The number of hydrogen-bond donors (Lipinski definition) is 1. The van der Waals surface area contributed by atoms with Gasteiger partial charge in [0.05, 0.1) is 0 Å². The molecule has 0 fully saturated rings. The summed E-state index contributed by atoms with van der Waals surface area (Å²) in [5.74, 6) is 0.198. The fraction of sp³-hybridized carbons (Fsp3) is 0.154. The lowest BCUT2D eigenvalue weighted by Crippen LogP contribution is -2.28. The second-order valence-electron chi connectivity index (χ2n) is 3.74. The number of alkyl halides is 3. The van der Waals surface area contributed by atoms with Gasteiger partial charge in [0.25, 0.3) is 0 Å². The molecule has 2 rings (SSSR count). The summed E-state index contributed by atoms with van der Waals surface area (Å²) < 4.78 is 39.0. The number of hydrogen-bond acceptors (Lipinski definition) is 2. The van der Waals surface area contributed by atoms with Gasteiger partial charge in [-0.3, -0.25) is 0 Å². The van der Waals surface area contributed by atoms with Crippen LogP contribution in [0.4, 0.5) is 19.0 Å². The number of benzene rings is 1. The van der Waals surface area contributed by atoms with Gasteiger partial charge in [-0.1, -0.05) is 36.4 Å². The summed E-state index contributed by atoms with van der Waals surface area (Å²) in [7, 11) is 0. The number of aromatic nitrogens is 1. The van der Waals surface area contributed by atoms with Gasteiger partial charge >= 0.3 is 6.18 Å². The zero-order valence-electron chi connectivity index (χ0n) is 9.35. The molecule has 0 aliphatic heterocycles. The van der Waals surface area contributed by atoms with Crippen molar-refractivity contribution in [1.29, 1.82) is 0 Å². The Labute approximate surface area is 102 Å². The van der Waals surface area contributed by atoms with E-state index in [2.05, 4.69) is 10.3 Å². The predicted octanol–water partition coefficient (Wildman–Crippen LogP) is 3.80. The molecule has 2 aromatic rings. The summed E-state index contributed by atoms with van der Waals surface area (Å²) in [6, 6.07) is 10.7. The lowest BCUT2D eigenvalue weighted by molar-refractivity contribution is -0.144. The molecular formula is C13H11F3N2. The summed E-state index contributed by atoms with van der Waals surface area (Å²) in [6.07, 6.45) is -2.93. The van der Waals surface area contributed by atoms with Gasteiger partial charge in [-0.15, -0.1) is 0 Å². The van der Waals surface area contributed by atoms with Gasteiger partial charge in [-0.05, 0) is 17.7 Å². The van der Waals surface area contributed by atoms with Crippen molar-refractivity contribution in [3.8, 4) is 0 Å². The standard InChI is InChI=1S/C13H11F3N2/c14-13(15,16)12(10-6-2-1-3-7-10)18-11-8-4-5-9-17-11/h1-9,12H,(H,17,18). The van der Waals surface area contributed by atoms with Crippen molar-refractivity contribution in [2.75, 3.05) is 5.32 Å². The number of anilines is 1. The molecule has 1 heterocycles. The van der Waals surface area contributed by atoms with Crippen LogP contribution < -0.4 is 5.32 Å². The third-order valence-corrected chi connectivity index (χ3v) is 2.42. The van der Waals surface area contributed by atoms with Crippen LogP contribution in [-0.4, -0.2) is 11.2 Å². The Balaban J connectivity index is 2.28. The molecule has 0 bridgehead atoms. The second-order valence-corrected chi connectivity index (χ2v) is 3.74. The Morgan fingerprint density at radius 1 is 0.944 bits per heavy atom. The van der Waals surface area contributed by atoms with E-state index in [1.54, 1.807) is 30.3 Å². The Kier molecular flexibility index (Phi) is 3.50. The maximum Gasteiger partial charge on any atom is 0.412 e. The molecule has 0 amide bonds. The van der Waals surface area contributed by atoms with Crippen LogP contribution >= 0.6 is 0 Å². The number of nitrogens with zero attached hydrogens (tertiary/aromatic N) is 1. The predicted molar refractivity (Wildman–Crippen MR) is 63.1 cm³/mol. The third-order valence-electron chi connectivity index (χ3n) is 2.42. The first-order valence-electron chi connectivity index (χ1n) is 5.36. The van der Waals surface area contributed by atoms with Crippen LogP contribution in [0.5, 0.6) is 0 Å². The second kappa shape index (κ2) is 5.08. The SMILES string of the molecule is FC(F)(F)C(Nc1ccccn1)c1ccccc1. The van der Waals surface area contributed by atoms with Crippen LogP contribution in [0.1, 0.15) is 11.6 Å². The lowest BCUT2D eigenvalue weighted by Gasteiger charge is -2.22. The first-order chi connectivity index (χ1) is 8.57. The van der Waals surface area contributed by atoms with Crippen molar-refractivity contribution in [2.24, 2.45) is 0 Å². The van der Waals surface area contributed by atoms with E-state index in [1.165, 1.54) is 24.4 Å². The van der Waals surface area contributed by atoms with Gasteiger partial charge in [0.2, 0.25) is 0 Å². The minimum absolute atomic E-state index is 0.163. The fourth-order valence-corrected chi connectivity index (χ4v) is 1.60. The molecule has 0 saturated heterocycles. The van der Waals surface area contributed by atoms with Crippen molar-refractivity contribution in [3.05, 3.63) is 60.3 Å². The highest BCUT2D eigenvalue weighted by molar-refractivity contribution is 5.38. The quantitative estimate of drug-likeness (QED) is 0.898. The van der Waals surface area contributed by atoms with E-state index in [9.17, 15) is 13.2 Å². The molecule has 1 aromatic heterocycles. The molecule has 0 saturated carbocycles. The number of nitrogens with one attached hydrogen (secondary N) is 1. The van der Waals surface area contributed by atoms with Crippen molar-refractivity contribution in [1.82, 2.24) is 4.98 Å². The first-order valence-corrected chi connectivity index (χ1v) is 5.36. The molecule has 1 unspecified atom stereocenters. The Morgan fingerprint density at radius 2 is 1.61 bits per heavy atom. The van der Waals surface area contributed by atoms with E-state index in [0.29, 0.717) is 0 Å². The average molecular weight is 252 g/mol. The van der Waals surface area contributed by atoms with Crippen LogP contribution in [0, 0.1) is 0 Å². The normalized spacial score (nSPS) is 13.1. The lowest BCUT2D eigenvalue weighted by atomic mass is 10.1. The number of rotatable bonds is 3. The molecule has 94 valence electrons. The van der Waals surface area contributed by atoms with E-state index in [0.717, 1.165) is 0 Å². The molecule has 1 N–H and O–H groups in total. The molecular weight excluding hydrogens is 241 g/mol. The van der Waals surface area contributed by atoms with Gasteiger partial charge in [-0.25, -0.2) is 4.98 Å². The Hall–Kier alpha value is -2.04. The summed E-state index contributed by atoms with van der Waals surface area (Å²) in [4.78, 5) is 3.85. The minimum Gasteiger partial charge on any atom is -0.355 e. The van der Waals surface area contributed by atoms with Crippen LogP contribution in [0.2, 0.25) is 0 Å². The summed E-state index contributed by atoms with van der Waals surface area (Å²) >= 11 is 0. The minimum atomic E-state index is -4.38. The van der Waals surface area contributed by atoms with Gasteiger partial charge in [-0.2, -0.15) is 13.2 Å². The molecule has 5 heteroatoms. The van der Waals surface area contributed by atoms with Crippen molar-refractivity contribution < 1.29 is 13.2 Å². The third kappa shape index (κ3) is 3.00. The maximum atomic E-state index is 13.0. The molecule has 0 spiro atoms. The van der Waals surface area contributed by atoms with Crippen molar-refractivity contribution >= 4 is 5.82 Å². The monoisotopic (exact) mass is 252 g/mol. The van der Waals surface area contributed by atoms with Crippen LogP contribution in [0.3, 0.4) is 0 Å². The van der Waals surface area contributed by atoms with E-state index in [-0.39, 0.29) is 11.4 Å². The summed E-state index contributed by atoms with van der Waals surface area (Å²) in [5.41, 5.74) is 0.163. The zero-order chi connectivity index (χ0) is 13.0. The summed E-state index contributed by atoms with van der Waals surface area (Å²) in [6.45, 7) is 0. The molecule has 18 heavy (non-hydrogen) atoms. The summed E-state index contributed by atoms with van der Waals surface area (Å²) in [5, 5.41) is 2.40. The Bertz CT molecular complexity index is 483. The zero-order valence-corrected chi connectivity index (χ0v) is 9.35.